The summed E-state index contributed by atoms with van der Waals surface area (Å²) in [6.45, 7) is 4.52. The van der Waals surface area contributed by atoms with Gasteiger partial charge in [0.25, 0.3) is 0 Å². The molecule has 0 spiro atoms. The summed E-state index contributed by atoms with van der Waals surface area (Å²) in [4.78, 5) is 7.67. The molecular weight excluding hydrogens is 251 g/mol. The third-order valence-electron chi connectivity index (χ3n) is 2.72. The number of aromatic nitrogens is 2. The zero-order chi connectivity index (χ0) is 9.64. The number of H-pyrrole nitrogens is 1. The summed E-state index contributed by atoms with van der Waals surface area (Å²) in [5.74, 6) is 2.15. The van der Waals surface area contributed by atoms with Gasteiger partial charge in [-0.05, 0) is 27.8 Å². The van der Waals surface area contributed by atoms with Crippen molar-refractivity contribution in [3.8, 4) is 0 Å². The van der Waals surface area contributed by atoms with Crippen molar-refractivity contribution < 1.29 is 0 Å². The SMILES string of the molecule is CC1(C)CC1c1nc(Br)c(CCl)[nH]1. The van der Waals surface area contributed by atoms with Gasteiger partial charge in [0.1, 0.15) is 10.4 Å². The molecule has 2 rings (SSSR count). The van der Waals surface area contributed by atoms with E-state index in [9.17, 15) is 0 Å². The Morgan fingerprint density at radius 2 is 2.31 bits per heavy atom. The van der Waals surface area contributed by atoms with Crippen molar-refractivity contribution >= 4 is 27.5 Å². The van der Waals surface area contributed by atoms with Gasteiger partial charge >= 0.3 is 0 Å². The average molecular weight is 264 g/mol. The molecular formula is C9H12BrClN2. The van der Waals surface area contributed by atoms with Crippen LogP contribution in [0, 0.1) is 5.41 Å². The van der Waals surface area contributed by atoms with Crippen molar-refractivity contribution in [3.63, 3.8) is 0 Å². The molecule has 0 aromatic carbocycles. The Morgan fingerprint density at radius 3 is 2.69 bits per heavy atom. The summed E-state index contributed by atoms with van der Waals surface area (Å²) in [6.07, 6.45) is 1.22. The monoisotopic (exact) mass is 262 g/mol. The Hall–Kier alpha value is -0.0200. The number of hydrogen-bond acceptors (Lipinski definition) is 1. The normalized spacial score (nSPS) is 24.8. The Bertz CT molecular complexity index is 332. The van der Waals surface area contributed by atoms with E-state index in [-0.39, 0.29) is 0 Å². The standard InChI is InChI=1S/C9H12BrClN2/c1-9(2)3-5(9)8-12-6(4-11)7(10)13-8/h5H,3-4H2,1-2H3,(H,12,13). The highest BCUT2D eigenvalue weighted by molar-refractivity contribution is 9.10. The molecule has 1 aromatic rings. The van der Waals surface area contributed by atoms with Crippen LogP contribution in [0.1, 0.15) is 37.7 Å². The maximum absolute atomic E-state index is 5.74. The maximum atomic E-state index is 5.74. The second-order valence-corrected chi connectivity index (χ2v) is 5.29. The van der Waals surface area contributed by atoms with Crippen molar-refractivity contribution in [3.05, 3.63) is 16.1 Å². The highest BCUT2D eigenvalue weighted by Gasteiger charge is 2.48. The van der Waals surface area contributed by atoms with Gasteiger partial charge in [0.15, 0.2) is 0 Å². The Morgan fingerprint density at radius 1 is 1.69 bits per heavy atom. The number of aromatic amines is 1. The molecule has 1 heterocycles. The second kappa shape index (κ2) is 2.99. The van der Waals surface area contributed by atoms with Crippen LogP contribution in [0.25, 0.3) is 0 Å². The van der Waals surface area contributed by atoms with E-state index in [1.807, 2.05) is 0 Å². The molecule has 1 N–H and O–H groups in total. The predicted octanol–water partition coefficient (Wildman–Crippen LogP) is 3.42. The summed E-state index contributed by atoms with van der Waals surface area (Å²) >= 11 is 9.12. The highest BCUT2D eigenvalue weighted by Crippen LogP contribution is 2.57. The Kier molecular flexibility index (Phi) is 2.19. The quantitative estimate of drug-likeness (QED) is 0.814. The van der Waals surface area contributed by atoms with E-state index in [1.165, 1.54) is 6.42 Å². The smallest absolute Gasteiger partial charge is 0.128 e. The maximum Gasteiger partial charge on any atom is 0.128 e. The van der Waals surface area contributed by atoms with Gasteiger partial charge in [0, 0.05) is 5.92 Å². The van der Waals surface area contributed by atoms with E-state index >= 15 is 0 Å². The van der Waals surface area contributed by atoms with Gasteiger partial charge in [0.05, 0.1) is 11.6 Å². The minimum atomic E-state index is 0.418. The highest BCUT2D eigenvalue weighted by atomic mass is 79.9. The van der Waals surface area contributed by atoms with Gasteiger partial charge in [-0.15, -0.1) is 11.6 Å². The number of alkyl halides is 1. The van der Waals surface area contributed by atoms with Crippen molar-refractivity contribution in [1.82, 2.24) is 9.97 Å². The molecule has 1 aromatic heterocycles. The van der Waals surface area contributed by atoms with E-state index in [2.05, 4.69) is 39.7 Å². The summed E-state index contributed by atoms with van der Waals surface area (Å²) in [5, 5.41) is 0. The summed E-state index contributed by atoms with van der Waals surface area (Å²) in [5.41, 5.74) is 1.40. The summed E-state index contributed by atoms with van der Waals surface area (Å²) in [7, 11) is 0. The number of halogens is 2. The summed E-state index contributed by atoms with van der Waals surface area (Å²) in [6, 6.07) is 0. The minimum absolute atomic E-state index is 0.418. The van der Waals surface area contributed by atoms with Gasteiger partial charge in [-0.1, -0.05) is 13.8 Å². The molecule has 0 saturated heterocycles. The third-order valence-corrected chi connectivity index (χ3v) is 3.65. The second-order valence-electron chi connectivity index (χ2n) is 4.27. The van der Waals surface area contributed by atoms with Crippen LogP contribution in [0.15, 0.2) is 4.60 Å². The van der Waals surface area contributed by atoms with Crippen LogP contribution < -0.4 is 0 Å². The lowest BCUT2D eigenvalue weighted by molar-refractivity contribution is 0.610. The molecule has 4 heteroatoms. The largest absolute Gasteiger partial charge is 0.344 e. The fourth-order valence-corrected chi connectivity index (χ4v) is 2.38. The first-order valence-corrected chi connectivity index (χ1v) is 5.67. The van der Waals surface area contributed by atoms with Crippen molar-refractivity contribution in [2.24, 2.45) is 5.41 Å². The lowest BCUT2D eigenvalue weighted by atomic mass is 10.1. The molecule has 0 aliphatic heterocycles. The van der Waals surface area contributed by atoms with E-state index in [0.29, 0.717) is 17.2 Å². The van der Waals surface area contributed by atoms with Crippen LogP contribution in [0.4, 0.5) is 0 Å². The fourth-order valence-electron chi connectivity index (χ4n) is 1.59. The molecule has 0 radical (unpaired) electrons. The van der Waals surface area contributed by atoms with Crippen LogP contribution in [0.3, 0.4) is 0 Å². The molecule has 1 unspecified atom stereocenters. The first kappa shape index (κ1) is 9.53. The first-order chi connectivity index (χ1) is 6.04. The Labute approximate surface area is 91.2 Å². The Balaban J connectivity index is 2.24. The molecule has 72 valence electrons. The van der Waals surface area contributed by atoms with Crippen LogP contribution in [0.5, 0.6) is 0 Å². The number of hydrogen-bond donors (Lipinski definition) is 1. The van der Waals surface area contributed by atoms with Crippen molar-refractivity contribution in [2.45, 2.75) is 32.1 Å². The van der Waals surface area contributed by atoms with Crippen LogP contribution in [0.2, 0.25) is 0 Å². The van der Waals surface area contributed by atoms with Gasteiger partial charge < -0.3 is 4.98 Å². The van der Waals surface area contributed by atoms with E-state index < -0.39 is 0 Å². The zero-order valence-electron chi connectivity index (χ0n) is 7.69. The predicted molar refractivity (Wildman–Crippen MR) is 57.0 cm³/mol. The first-order valence-electron chi connectivity index (χ1n) is 4.35. The fraction of sp³-hybridized carbons (Fsp3) is 0.667. The number of imidazole rings is 1. The van der Waals surface area contributed by atoms with E-state index in [0.717, 1.165) is 16.1 Å². The molecule has 1 fully saturated rings. The molecule has 1 aliphatic rings. The average Bonchev–Trinajstić information content (AvgIpc) is 2.55. The van der Waals surface area contributed by atoms with Gasteiger partial charge in [0.2, 0.25) is 0 Å². The van der Waals surface area contributed by atoms with Crippen molar-refractivity contribution in [1.29, 1.82) is 0 Å². The lowest BCUT2D eigenvalue weighted by Crippen LogP contribution is -1.91. The van der Waals surface area contributed by atoms with Crippen LogP contribution in [-0.4, -0.2) is 9.97 Å². The van der Waals surface area contributed by atoms with Gasteiger partial charge in [-0.3, -0.25) is 0 Å². The van der Waals surface area contributed by atoms with Gasteiger partial charge in [-0.2, -0.15) is 0 Å². The molecule has 1 aliphatic carbocycles. The molecule has 0 amide bonds. The number of nitrogens with one attached hydrogen (secondary N) is 1. The van der Waals surface area contributed by atoms with E-state index in [4.69, 9.17) is 11.6 Å². The zero-order valence-corrected chi connectivity index (χ0v) is 10.0. The van der Waals surface area contributed by atoms with Crippen LogP contribution >= 0.6 is 27.5 Å². The molecule has 13 heavy (non-hydrogen) atoms. The molecule has 1 saturated carbocycles. The van der Waals surface area contributed by atoms with Crippen LogP contribution in [-0.2, 0) is 5.88 Å². The summed E-state index contributed by atoms with van der Waals surface area (Å²) < 4.78 is 0.861. The topological polar surface area (TPSA) is 28.7 Å². The third kappa shape index (κ3) is 1.64. The molecule has 0 bridgehead atoms. The molecule has 1 atom stereocenters. The molecule has 2 nitrogen and oxygen atoms in total. The van der Waals surface area contributed by atoms with Crippen molar-refractivity contribution in [2.75, 3.05) is 0 Å². The minimum Gasteiger partial charge on any atom is -0.344 e. The lowest BCUT2D eigenvalue weighted by Gasteiger charge is -1.98. The number of rotatable bonds is 2. The van der Waals surface area contributed by atoms with Gasteiger partial charge in [-0.25, -0.2) is 4.98 Å². The number of nitrogens with zero attached hydrogens (tertiary/aromatic N) is 1. The van der Waals surface area contributed by atoms with E-state index in [1.54, 1.807) is 0 Å².